The van der Waals surface area contributed by atoms with Crippen LogP contribution in [0.1, 0.15) is 37.2 Å². The Morgan fingerprint density at radius 1 is 1.16 bits per heavy atom. The number of hydrogen-bond acceptors (Lipinski definition) is 8. The second kappa shape index (κ2) is 11.3. The molecule has 2 aromatic carbocycles. The van der Waals surface area contributed by atoms with Crippen LogP contribution in [-0.4, -0.2) is 41.6 Å². The number of nitrogens with zero attached hydrogens (tertiary/aromatic N) is 2. The summed E-state index contributed by atoms with van der Waals surface area (Å²) in [6, 6.07) is 14.7. The summed E-state index contributed by atoms with van der Waals surface area (Å²) in [6.45, 7) is 5.33. The molecule has 3 heterocycles. The summed E-state index contributed by atoms with van der Waals surface area (Å²) in [5, 5.41) is 9.84. The number of halogens is 1. The highest BCUT2D eigenvalue weighted by Crippen LogP contribution is 2.34. The van der Waals surface area contributed by atoms with E-state index in [1.54, 1.807) is 43.4 Å². The van der Waals surface area contributed by atoms with Crippen LogP contribution in [0.4, 0.5) is 11.7 Å². The first-order chi connectivity index (χ1) is 18.4. The molecule has 1 fully saturated rings. The average molecular weight is 536 g/mol. The lowest BCUT2D eigenvalue weighted by Gasteiger charge is -2.29. The molecule has 0 radical (unpaired) electrons. The van der Waals surface area contributed by atoms with E-state index >= 15 is 0 Å². The smallest absolute Gasteiger partial charge is 0.300 e. The molecule has 10 heteroatoms. The van der Waals surface area contributed by atoms with Gasteiger partial charge in [0.2, 0.25) is 0 Å². The van der Waals surface area contributed by atoms with Crippen molar-refractivity contribution in [1.82, 2.24) is 20.6 Å². The van der Waals surface area contributed by atoms with E-state index in [1.165, 1.54) is 6.20 Å². The number of pyridine rings is 1. The fourth-order valence-electron chi connectivity index (χ4n) is 4.50. The quantitative estimate of drug-likeness (QED) is 0.242. The second-order valence-electron chi connectivity index (χ2n) is 9.51. The van der Waals surface area contributed by atoms with Gasteiger partial charge in [0.1, 0.15) is 34.6 Å². The molecule has 2 unspecified atom stereocenters. The zero-order valence-electron chi connectivity index (χ0n) is 21.5. The summed E-state index contributed by atoms with van der Waals surface area (Å²) in [7, 11) is 1.55. The molecular formula is C28H30ClN5O4. The van der Waals surface area contributed by atoms with Crippen LogP contribution in [0.5, 0.6) is 17.2 Å². The van der Waals surface area contributed by atoms with Gasteiger partial charge < -0.3 is 29.8 Å². The molecule has 9 nitrogen and oxygen atoms in total. The van der Waals surface area contributed by atoms with Gasteiger partial charge in [0, 0.05) is 43.2 Å². The number of carbonyl (C=O) groups excluding carboxylic acids is 1. The van der Waals surface area contributed by atoms with Crippen molar-refractivity contribution in [2.45, 2.75) is 38.8 Å². The molecule has 2 aromatic heterocycles. The monoisotopic (exact) mass is 535 g/mol. The van der Waals surface area contributed by atoms with E-state index in [0.29, 0.717) is 51.3 Å². The van der Waals surface area contributed by atoms with Crippen molar-refractivity contribution in [3.05, 3.63) is 65.4 Å². The largest absolute Gasteiger partial charge is 0.487 e. The molecule has 1 amide bonds. The number of fused-ring (bicyclic) bond motifs is 1. The SMILES string of the molecule is CNC(=O)c1cc(Oc2ccc3oc(Nc4ccc(Cl)c(OC(C(C)C)C5CCCN5)c4)nc3c2)ccn1. The van der Waals surface area contributed by atoms with Crippen molar-refractivity contribution in [3.63, 3.8) is 0 Å². The lowest BCUT2D eigenvalue weighted by Crippen LogP contribution is -2.42. The zero-order chi connectivity index (χ0) is 26.6. The number of amides is 1. The summed E-state index contributed by atoms with van der Waals surface area (Å²) in [5.41, 5.74) is 2.22. The summed E-state index contributed by atoms with van der Waals surface area (Å²) < 4.78 is 18.2. The van der Waals surface area contributed by atoms with Crippen molar-refractivity contribution in [2.75, 3.05) is 18.9 Å². The van der Waals surface area contributed by atoms with Gasteiger partial charge in [-0.1, -0.05) is 25.4 Å². The summed E-state index contributed by atoms with van der Waals surface area (Å²) in [4.78, 5) is 20.5. The number of benzene rings is 2. The third kappa shape index (κ3) is 5.84. The maximum absolute atomic E-state index is 11.9. The highest BCUT2D eigenvalue weighted by Gasteiger charge is 2.29. The number of aromatic nitrogens is 2. The fourth-order valence-corrected chi connectivity index (χ4v) is 4.67. The second-order valence-corrected chi connectivity index (χ2v) is 9.91. The number of anilines is 2. The van der Waals surface area contributed by atoms with Crippen molar-refractivity contribution in [3.8, 4) is 17.2 Å². The molecule has 0 spiro atoms. The molecule has 1 aliphatic rings. The fraction of sp³-hybridized carbons (Fsp3) is 0.321. The van der Waals surface area contributed by atoms with Crippen LogP contribution in [0, 0.1) is 5.92 Å². The number of oxazole rings is 1. The van der Waals surface area contributed by atoms with Crippen LogP contribution in [0.2, 0.25) is 5.02 Å². The Bertz CT molecular complexity index is 1430. The van der Waals surface area contributed by atoms with E-state index < -0.39 is 0 Å². The Morgan fingerprint density at radius 3 is 2.76 bits per heavy atom. The van der Waals surface area contributed by atoms with Crippen LogP contribution in [0.3, 0.4) is 0 Å². The molecule has 2 atom stereocenters. The Labute approximate surface area is 225 Å². The molecule has 0 bridgehead atoms. The molecule has 3 N–H and O–H groups in total. The number of ether oxygens (including phenoxy) is 2. The van der Waals surface area contributed by atoms with Crippen LogP contribution in [-0.2, 0) is 0 Å². The van der Waals surface area contributed by atoms with Crippen LogP contribution >= 0.6 is 11.6 Å². The molecule has 0 aliphatic carbocycles. The van der Waals surface area contributed by atoms with Gasteiger partial charge in [0.15, 0.2) is 5.58 Å². The third-order valence-electron chi connectivity index (χ3n) is 6.38. The summed E-state index contributed by atoms with van der Waals surface area (Å²) in [6.07, 6.45) is 3.77. The van der Waals surface area contributed by atoms with E-state index in [0.717, 1.165) is 25.1 Å². The maximum atomic E-state index is 11.9. The van der Waals surface area contributed by atoms with Gasteiger partial charge >= 0.3 is 0 Å². The number of hydrogen-bond donors (Lipinski definition) is 3. The number of carbonyl (C=O) groups is 1. The summed E-state index contributed by atoms with van der Waals surface area (Å²) in [5.74, 6) is 1.69. The molecule has 0 saturated carbocycles. The minimum atomic E-state index is -0.288. The van der Waals surface area contributed by atoms with Crippen LogP contribution < -0.4 is 25.4 Å². The van der Waals surface area contributed by atoms with Crippen LogP contribution in [0.15, 0.2) is 59.1 Å². The van der Waals surface area contributed by atoms with E-state index in [2.05, 4.69) is 39.8 Å². The molecule has 5 rings (SSSR count). The highest BCUT2D eigenvalue weighted by molar-refractivity contribution is 6.32. The average Bonchev–Trinajstić information content (AvgIpc) is 3.58. The van der Waals surface area contributed by atoms with Crippen LogP contribution in [0.25, 0.3) is 11.1 Å². The van der Waals surface area contributed by atoms with Crippen molar-refractivity contribution in [2.24, 2.45) is 5.92 Å². The van der Waals surface area contributed by atoms with Gasteiger partial charge in [-0.3, -0.25) is 9.78 Å². The van der Waals surface area contributed by atoms with Gasteiger partial charge in [0.05, 0.1) is 5.02 Å². The zero-order valence-corrected chi connectivity index (χ0v) is 22.2. The minimum absolute atomic E-state index is 0.0147. The number of nitrogens with one attached hydrogen (secondary N) is 3. The first kappa shape index (κ1) is 25.8. The normalized spacial score (nSPS) is 16.0. The van der Waals surface area contributed by atoms with Gasteiger partial charge in [-0.15, -0.1) is 0 Å². The minimum Gasteiger partial charge on any atom is -0.487 e. The topological polar surface area (TPSA) is 111 Å². The molecule has 1 saturated heterocycles. The predicted molar refractivity (Wildman–Crippen MR) is 147 cm³/mol. The van der Waals surface area contributed by atoms with Crippen molar-refractivity contribution >= 4 is 40.3 Å². The van der Waals surface area contributed by atoms with Gasteiger partial charge in [-0.25, -0.2) is 0 Å². The number of rotatable bonds is 9. The van der Waals surface area contributed by atoms with Gasteiger partial charge in [-0.05, 0) is 55.6 Å². The molecule has 38 heavy (non-hydrogen) atoms. The predicted octanol–water partition coefficient (Wildman–Crippen LogP) is 5.93. The molecule has 4 aromatic rings. The lowest BCUT2D eigenvalue weighted by atomic mass is 9.98. The molecule has 1 aliphatic heterocycles. The Balaban J connectivity index is 1.31. The maximum Gasteiger partial charge on any atom is 0.300 e. The highest BCUT2D eigenvalue weighted by atomic mass is 35.5. The third-order valence-corrected chi connectivity index (χ3v) is 6.70. The standard InChI is InChI=1S/C28H30ClN5O4/c1-16(2)26(21-5-4-11-31-21)37-25-13-17(6-8-20(25)29)33-28-34-22-14-18(7-9-24(22)38-28)36-19-10-12-32-23(15-19)27(35)30-3/h6-10,12-16,21,26,31H,4-5,11H2,1-3H3,(H,30,35)(H,33,34). The van der Waals surface area contributed by atoms with E-state index in [-0.39, 0.29) is 17.7 Å². The van der Waals surface area contributed by atoms with Crippen molar-refractivity contribution in [1.29, 1.82) is 0 Å². The Kier molecular flexibility index (Phi) is 7.67. The van der Waals surface area contributed by atoms with Gasteiger partial charge in [-0.2, -0.15) is 4.98 Å². The Hall–Kier alpha value is -3.82. The van der Waals surface area contributed by atoms with E-state index in [4.69, 9.17) is 25.5 Å². The summed E-state index contributed by atoms with van der Waals surface area (Å²) >= 11 is 6.49. The molecular weight excluding hydrogens is 506 g/mol. The van der Waals surface area contributed by atoms with E-state index in [9.17, 15) is 4.79 Å². The first-order valence-electron chi connectivity index (χ1n) is 12.6. The van der Waals surface area contributed by atoms with Gasteiger partial charge in [0.25, 0.3) is 11.9 Å². The Morgan fingerprint density at radius 2 is 2.00 bits per heavy atom. The lowest BCUT2D eigenvalue weighted by molar-refractivity contribution is 0.0958. The first-order valence-corrected chi connectivity index (χ1v) is 13.0. The van der Waals surface area contributed by atoms with Crippen molar-refractivity contribution < 1.29 is 18.7 Å². The van der Waals surface area contributed by atoms with E-state index in [1.807, 2.05) is 12.1 Å². The molecule has 198 valence electrons.